The summed E-state index contributed by atoms with van der Waals surface area (Å²) in [7, 11) is 0. The Kier molecular flexibility index (Phi) is 4.83. The number of hydrogen-bond acceptors (Lipinski definition) is 3. The molecule has 0 fully saturated rings. The van der Waals surface area contributed by atoms with E-state index < -0.39 is 5.97 Å². The SMILES string of the molecule is CC(C)CN(CC(=O)O)C(=O)c1ccc2c(c1)CCCN2. The summed E-state index contributed by atoms with van der Waals surface area (Å²) in [5, 5.41) is 12.3. The van der Waals surface area contributed by atoms with Gasteiger partial charge in [0, 0.05) is 24.3 Å². The van der Waals surface area contributed by atoms with Crippen LogP contribution in [0, 0.1) is 5.92 Å². The molecule has 1 aliphatic rings. The van der Waals surface area contributed by atoms with Crippen molar-refractivity contribution in [2.75, 3.05) is 25.0 Å². The minimum atomic E-state index is -0.983. The lowest BCUT2D eigenvalue weighted by atomic mass is 10.00. The Morgan fingerprint density at radius 3 is 2.81 bits per heavy atom. The highest BCUT2D eigenvalue weighted by Crippen LogP contribution is 2.23. The van der Waals surface area contributed by atoms with Crippen LogP contribution in [0.25, 0.3) is 0 Å². The van der Waals surface area contributed by atoms with Gasteiger partial charge < -0.3 is 15.3 Å². The highest BCUT2D eigenvalue weighted by molar-refractivity contribution is 5.96. The quantitative estimate of drug-likeness (QED) is 0.872. The molecule has 0 saturated heterocycles. The summed E-state index contributed by atoms with van der Waals surface area (Å²) in [4.78, 5) is 24.9. The molecule has 1 aliphatic heterocycles. The molecule has 2 N–H and O–H groups in total. The molecule has 114 valence electrons. The van der Waals surface area contributed by atoms with Crippen molar-refractivity contribution in [2.24, 2.45) is 5.92 Å². The first-order valence-electron chi connectivity index (χ1n) is 7.35. The molecule has 1 aromatic rings. The lowest BCUT2D eigenvalue weighted by Crippen LogP contribution is -2.38. The number of nitrogens with one attached hydrogen (secondary N) is 1. The molecule has 1 amide bonds. The van der Waals surface area contributed by atoms with Gasteiger partial charge in [0.15, 0.2) is 0 Å². The third-order valence-corrected chi connectivity index (χ3v) is 3.49. The highest BCUT2D eigenvalue weighted by atomic mass is 16.4. The predicted octanol–water partition coefficient (Wildman–Crippen LogP) is 2.23. The van der Waals surface area contributed by atoms with Gasteiger partial charge in [-0.2, -0.15) is 0 Å². The average Bonchev–Trinajstić information content (AvgIpc) is 2.44. The molecule has 1 heterocycles. The fraction of sp³-hybridized carbons (Fsp3) is 0.500. The molecule has 0 aromatic heterocycles. The van der Waals surface area contributed by atoms with Crippen LogP contribution in [-0.2, 0) is 11.2 Å². The van der Waals surface area contributed by atoms with Crippen LogP contribution in [0.1, 0.15) is 36.2 Å². The van der Waals surface area contributed by atoms with Crippen LogP contribution in [0.3, 0.4) is 0 Å². The largest absolute Gasteiger partial charge is 0.480 e. The van der Waals surface area contributed by atoms with Gasteiger partial charge in [-0.3, -0.25) is 9.59 Å². The van der Waals surface area contributed by atoms with Gasteiger partial charge in [-0.15, -0.1) is 0 Å². The number of amides is 1. The first kappa shape index (κ1) is 15.4. The van der Waals surface area contributed by atoms with Crippen LogP contribution in [-0.4, -0.2) is 41.5 Å². The summed E-state index contributed by atoms with van der Waals surface area (Å²) in [6, 6.07) is 5.57. The number of benzene rings is 1. The van der Waals surface area contributed by atoms with Gasteiger partial charge in [0.25, 0.3) is 5.91 Å². The van der Waals surface area contributed by atoms with E-state index in [0.717, 1.165) is 30.6 Å². The Bertz CT molecular complexity index is 540. The van der Waals surface area contributed by atoms with Gasteiger partial charge in [-0.25, -0.2) is 0 Å². The normalized spacial score (nSPS) is 13.5. The van der Waals surface area contributed by atoms with E-state index in [0.29, 0.717) is 12.1 Å². The van der Waals surface area contributed by atoms with E-state index in [1.807, 2.05) is 26.0 Å². The number of rotatable bonds is 5. The van der Waals surface area contributed by atoms with Crippen molar-refractivity contribution in [3.63, 3.8) is 0 Å². The molecule has 0 unspecified atom stereocenters. The summed E-state index contributed by atoms with van der Waals surface area (Å²) in [6.07, 6.45) is 2.00. The third kappa shape index (κ3) is 3.97. The summed E-state index contributed by atoms with van der Waals surface area (Å²) in [5.74, 6) is -0.962. The summed E-state index contributed by atoms with van der Waals surface area (Å²) in [5.41, 5.74) is 2.78. The molecule has 0 atom stereocenters. The second-order valence-corrected chi connectivity index (χ2v) is 5.88. The fourth-order valence-corrected chi connectivity index (χ4v) is 2.61. The molecule has 0 saturated carbocycles. The lowest BCUT2D eigenvalue weighted by Gasteiger charge is -2.24. The van der Waals surface area contributed by atoms with Crippen molar-refractivity contribution >= 4 is 17.6 Å². The number of nitrogens with zero attached hydrogens (tertiary/aromatic N) is 1. The van der Waals surface area contributed by atoms with Crippen molar-refractivity contribution in [2.45, 2.75) is 26.7 Å². The molecule has 5 nitrogen and oxygen atoms in total. The molecule has 0 aliphatic carbocycles. The zero-order chi connectivity index (χ0) is 15.4. The van der Waals surface area contributed by atoms with Crippen molar-refractivity contribution in [3.8, 4) is 0 Å². The molecule has 2 rings (SSSR count). The molecule has 0 spiro atoms. The third-order valence-electron chi connectivity index (χ3n) is 3.49. The second-order valence-electron chi connectivity index (χ2n) is 5.88. The zero-order valence-electron chi connectivity index (χ0n) is 12.6. The van der Waals surface area contributed by atoms with Crippen LogP contribution in [0.4, 0.5) is 5.69 Å². The number of carbonyl (C=O) groups excluding carboxylic acids is 1. The van der Waals surface area contributed by atoms with E-state index in [2.05, 4.69) is 5.32 Å². The van der Waals surface area contributed by atoms with E-state index in [4.69, 9.17) is 5.11 Å². The molecule has 21 heavy (non-hydrogen) atoms. The van der Waals surface area contributed by atoms with E-state index in [9.17, 15) is 9.59 Å². The maximum absolute atomic E-state index is 12.5. The molecule has 0 bridgehead atoms. The molecular weight excluding hydrogens is 268 g/mol. The van der Waals surface area contributed by atoms with Crippen LogP contribution < -0.4 is 5.32 Å². The fourth-order valence-electron chi connectivity index (χ4n) is 2.61. The summed E-state index contributed by atoms with van der Waals surface area (Å²) < 4.78 is 0. The first-order valence-corrected chi connectivity index (χ1v) is 7.35. The number of anilines is 1. The van der Waals surface area contributed by atoms with Crippen LogP contribution in [0.2, 0.25) is 0 Å². The number of aryl methyl sites for hydroxylation is 1. The monoisotopic (exact) mass is 290 g/mol. The maximum Gasteiger partial charge on any atom is 0.323 e. The first-order chi connectivity index (χ1) is 9.97. The topological polar surface area (TPSA) is 69.6 Å². The Labute approximate surface area is 125 Å². The van der Waals surface area contributed by atoms with Gasteiger partial charge in [0.2, 0.25) is 0 Å². The number of hydrogen-bond donors (Lipinski definition) is 2. The van der Waals surface area contributed by atoms with E-state index in [-0.39, 0.29) is 18.4 Å². The molecular formula is C16H22N2O3. The van der Waals surface area contributed by atoms with E-state index in [1.165, 1.54) is 4.90 Å². The van der Waals surface area contributed by atoms with E-state index in [1.54, 1.807) is 6.07 Å². The Hall–Kier alpha value is -2.04. The van der Waals surface area contributed by atoms with Crippen LogP contribution >= 0.6 is 0 Å². The minimum absolute atomic E-state index is 0.209. The van der Waals surface area contributed by atoms with Crippen molar-refractivity contribution < 1.29 is 14.7 Å². The van der Waals surface area contributed by atoms with Crippen molar-refractivity contribution in [1.29, 1.82) is 0 Å². The van der Waals surface area contributed by atoms with Crippen molar-refractivity contribution in [1.82, 2.24) is 4.90 Å². The van der Waals surface area contributed by atoms with Crippen LogP contribution in [0.15, 0.2) is 18.2 Å². The zero-order valence-corrected chi connectivity index (χ0v) is 12.6. The Balaban J connectivity index is 2.21. The number of carbonyl (C=O) groups is 2. The number of carboxylic acid groups (broad SMARTS) is 1. The van der Waals surface area contributed by atoms with Crippen molar-refractivity contribution in [3.05, 3.63) is 29.3 Å². The summed E-state index contributed by atoms with van der Waals surface area (Å²) in [6.45, 7) is 5.09. The maximum atomic E-state index is 12.5. The van der Waals surface area contributed by atoms with Gasteiger partial charge in [-0.05, 0) is 42.5 Å². The molecule has 1 aromatic carbocycles. The van der Waals surface area contributed by atoms with Gasteiger partial charge >= 0.3 is 5.97 Å². The Morgan fingerprint density at radius 1 is 1.38 bits per heavy atom. The van der Waals surface area contributed by atoms with Crippen LogP contribution in [0.5, 0.6) is 0 Å². The lowest BCUT2D eigenvalue weighted by molar-refractivity contribution is -0.137. The van der Waals surface area contributed by atoms with Gasteiger partial charge in [0.1, 0.15) is 6.54 Å². The minimum Gasteiger partial charge on any atom is -0.480 e. The Morgan fingerprint density at radius 2 is 2.14 bits per heavy atom. The number of carboxylic acids is 1. The standard InChI is InChI=1S/C16H22N2O3/c1-11(2)9-18(10-15(19)20)16(21)13-5-6-14-12(8-13)4-3-7-17-14/h5-6,8,11,17H,3-4,7,9-10H2,1-2H3,(H,19,20). The van der Waals surface area contributed by atoms with Gasteiger partial charge in [-0.1, -0.05) is 13.8 Å². The smallest absolute Gasteiger partial charge is 0.323 e. The predicted molar refractivity (Wildman–Crippen MR) is 81.6 cm³/mol. The average molecular weight is 290 g/mol. The number of fused-ring (bicyclic) bond motifs is 1. The highest BCUT2D eigenvalue weighted by Gasteiger charge is 2.21. The van der Waals surface area contributed by atoms with E-state index >= 15 is 0 Å². The molecule has 5 heteroatoms. The summed E-state index contributed by atoms with van der Waals surface area (Å²) >= 11 is 0. The second kappa shape index (κ2) is 6.61. The van der Waals surface area contributed by atoms with Gasteiger partial charge in [0.05, 0.1) is 0 Å². The molecule has 0 radical (unpaired) electrons. The number of aliphatic carboxylic acids is 1.